The Morgan fingerprint density at radius 2 is 2.00 bits per heavy atom. The van der Waals surface area contributed by atoms with Crippen LogP contribution in [0.1, 0.15) is 16.7 Å². The third-order valence-electron chi connectivity index (χ3n) is 2.87. The van der Waals surface area contributed by atoms with Crippen molar-refractivity contribution in [3.05, 3.63) is 53.3 Å². The molecule has 0 aliphatic carbocycles. The molecule has 0 saturated heterocycles. The Kier molecular flexibility index (Phi) is 3.58. The van der Waals surface area contributed by atoms with Crippen LogP contribution in [0.3, 0.4) is 0 Å². The van der Waals surface area contributed by atoms with Gasteiger partial charge in [0.15, 0.2) is 0 Å². The molecule has 0 unspecified atom stereocenters. The summed E-state index contributed by atoms with van der Waals surface area (Å²) in [5.74, 6) is 0. The molecule has 0 bridgehead atoms. The van der Waals surface area contributed by atoms with Gasteiger partial charge in [0.2, 0.25) is 0 Å². The van der Waals surface area contributed by atoms with E-state index in [4.69, 9.17) is 18.0 Å². The molecule has 0 saturated carbocycles. The number of aromatic nitrogens is 1. The van der Waals surface area contributed by atoms with Crippen LogP contribution < -0.4 is 11.1 Å². The Labute approximate surface area is 112 Å². The van der Waals surface area contributed by atoms with Crippen LogP contribution in [0.5, 0.6) is 0 Å². The minimum absolute atomic E-state index is 0.365. The summed E-state index contributed by atoms with van der Waals surface area (Å²) in [5.41, 5.74) is 10.8. The van der Waals surface area contributed by atoms with E-state index in [1.807, 2.05) is 12.1 Å². The quantitative estimate of drug-likeness (QED) is 0.830. The Morgan fingerprint density at radius 3 is 2.67 bits per heavy atom. The maximum atomic E-state index is 5.69. The molecule has 92 valence electrons. The van der Waals surface area contributed by atoms with Crippen LogP contribution in [0.25, 0.3) is 0 Å². The highest BCUT2D eigenvalue weighted by Gasteiger charge is 2.05. The molecule has 1 heterocycles. The average Bonchev–Trinajstić information content (AvgIpc) is 2.34. The van der Waals surface area contributed by atoms with Crippen LogP contribution in [0.15, 0.2) is 36.7 Å². The third-order valence-corrected chi connectivity index (χ3v) is 3.09. The van der Waals surface area contributed by atoms with Crippen molar-refractivity contribution >= 4 is 28.6 Å². The molecule has 1 aromatic carbocycles. The fourth-order valence-corrected chi connectivity index (χ4v) is 1.86. The van der Waals surface area contributed by atoms with Crippen molar-refractivity contribution in [2.45, 2.75) is 13.8 Å². The van der Waals surface area contributed by atoms with Gasteiger partial charge in [-0.25, -0.2) is 0 Å². The van der Waals surface area contributed by atoms with E-state index in [1.54, 1.807) is 12.4 Å². The van der Waals surface area contributed by atoms with Gasteiger partial charge in [0.05, 0.1) is 11.9 Å². The van der Waals surface area contributed by atoms with E-state index in [9.17, 15) is 0 Å². The second-order valence-corrected chi connectivity index (χ2v) is 4.65. The van der Waals surface area contributed by atoms with E-state index in [2.05, 4.69) is 36.3 Å². The SMILES string of the molecule is Cc1ccc(Nc2cnccc2C(N)=S)cc1C. The molecule has 0 spiro atoms. The summed E-state index contributed by atoms with van der Waals surface area (Å²) in [5, 5.41) is 3.29. The van der Waals surface area contributed by atoms with Gasteiger partial charge in [-0.3, -0.25) is 4.98 Å². The zero-order valence-corrected chi connectivity index (χ0v) is 11.2. The smallest absolute Gasteiger partial charge is 0.106 e. The Hall–Kier alpha value is -1.94. The van der Waals surface area contributed by atoms with Crippen molar-refractivity contribution in [1.29, 1.82) is 0 Å². The standard InChI is InChI=1S/C14H15N3S/c1-9-3-4-11(7-10(9)2)17-13-8-16-6-5-12(13)14(15)18/h3-8,17H,1-2H3,(H2,15,18). The maximum Gasteiger partial charge on any atom is 0.106 e. The van der Waals surface area contributed by atoms with Crippen molar-refractivity contribution in [2.75, 3.05) is 5.32 Å². The van der Waals surface area contributed by atoms with Gasteiger partial charge in [-0.05, 0) is 43.2 Å². The number of pyridine rings is 1. The van der Waals surface area contributed by atoms with Crippen LogP contribution in [0.4, 0.5) is 11.4 Å². The highest BCUT2D eigenvalue weighted by Crippen LogP contribution is 2.21. The number of thiocarbonyl (C=S) groups is 1. The summed E-state index contributed by atoms with van der Waals surface area (Å²) >= 11 is 5.02. The van der Waals surface area contributed by atoms with Crippen LogP contribution in [0.2, 0.25) is 0 Å². The molecule has 0 aliphatic rings. The highest BCUT2D eigenvalue weighted by atomic mass is 32.1. The predicted octanol–water partition coefficient (Wildman–Crippen LogP) is 3.08. The number of hydrogen-bond donors (Lipinski definition) is 2. The molecule has 0 aliphatic heterocycles. The first kappa shape index (κ1) is 12.5. The molecule has 4 heteroatoms. The Morgan fingerprint density at radius 1 is 1.22 bits per heavy atom. The van der Waals surface area contributed by atoms with Crippen LogP contribution in [0, 0.1) is 13.8 Å². The van der Waals surface area contributed by atoms with Gasteiger partial charge in [-0.2, -0.15) is 0 Å². The first-order valence-electron chi connectivity index (χ1n) is 5.66. The largest absolute Gasteiger partial charge is 0.389 e. The van der Waals surface area contributed by atoms with Crippen molar-refractivity contribution in [2.24, 2.45) is 5.73 Å². The molecular formula is C14H15N3S. The van der Waals surface area contributed by atoms with E-state index in [0.29, 0.717) is 4.99 Å². The summed E-state index contributed by atoms with van der Waals surface area (Å²) in [4.78, 5) is 4.45. The van der Waals surface area contributed by atoms with Gasteiger partial charge < -0.3 is 11.1 Å². The monoisotopic (exact) mass is 257 g/mol. The normalized spacial score (nSPS) is 10.1. The summed E-state index contributed by atoms with van der Waals surface area (Å²) in [6, 6.07) is 8.00. The van der Waals surface area contributed by atoms with Crippen molar-refractivity contribution in [1.82, 2.24) is 4.98 Å². The zero-order valence-electron chi connectivity index (χ0n) is 10.4. The highest BCUT2D eigenvalue weighted by molar-refractivity contribution is 7.80. The van der Waals surface area contributed by atoms with Gasteiger partial charge in [-0.1, -0.05) is 18.3 Å². The Bertz CT molecular complexity index is 593. The molecule has 0 atom stereocenters. The molecule has 0 fully saturated rings. The number of rotatable bonds is 3. The lowest BCUT2D eigenvalue weighted by Crippen LogP contribution is -2.12. The minimum atomic E-state index is 0.365. The fraction of sp³-hybridized carbons (Fsp3) is 0.143. The lowest BCUT2D eigenvalue weighted by Gasteiger charge is -2.11. The second-order valence-electron chi connectivity index (χ2n) is 4.21. The molecule has 3 nitrogen and oxygen atoms in total. The molecule has 1 aromatic heterocycles. The maximum absolute atomic E-state index is 5.69. The number of nitrogens with one attached hydrogen (secondary N) is 1. The summed E-state index contributed by atoms with van der Waals surface area (Å²) in [6.45, 7) is 4.17. The summed E-state index contributed by atoms with van der Waals surface area (Å²) < 4.78 is 0. The number of anilines is 2. The van der Waals surface area contributed by atoms with Crippen LogP contribution in [-0.2, 0) is 0 Å². The lowest BCUT2D eigenvalue weighted by atomic mass is 10.1. The van der Waals surface area contributed by atoms with E-state index in [0.717, 1.165) is 16.9 Å². The topological polar surface area (TPSA) is 50.9 Å². The average molecular weight is 257 g/mol. The van der Waals surface area contributed by atoms with Gasteiger partial charge in [-0.15, -0.1) is 0 Å². The van der Waals surface area contributed by atoms with Gasteiger partial charge in [0.25, 0.3) is 0 Å². The molecule has 0 radical (unpaired) electrons. The van der Waals surface area contributed by atoms with E-state index in [-0.39, 0.29) is 0 Å². The van der Waals surface area contributed by atoms with Crippen molar-refractivity contribution in [3.63, 3.8) is 0 Å². The zero-order chi connectivity index (χ0) is 13.1. The second kappa shape index (κ2) is 5.14. The molecule has 0 amide bonds. The summed E-state index contributed by atoms with van der Waals surface area (Å²) in [7, 11) is 0. The minimum Gasteiger partial charge on any atom is -0.389 e. The van der Waals surface area contributed by atoms with E-state index < -0.39 is 0 Å². The predicted molar refractivity (Wildman–Crippen MR) is 79.3 cm³/mol. The number of hydrogen-bond acceptors (Lipinski definition) is 3. The van der Waals surface area contributed by atoms with E-state index in [1.165, 1.54) is 11.1 Å². The molecule has 2 rings (SSSR count). The molecule has 2 aromatic rings. The third kappa shape index (κ3) is 2.65. The molecule has 3 N–H and O–H groups in total. The van der Waals surface area contributed by atoms with Crippen LogP contribution >= 0.6 is 12.2 Å². The van der Waals surface area contributed by atoms with Gasteiger partial charge >= 0.3 is 0 Å². The van der Waals surface area contributed by atoms with Gasteiger partial charge in [0.1, 0.15) is 4.99 Å². The number of nitrogens with zero attached hydrogens (tertiary/aromatic N) is 1. The lowest BCUT2D eigenvalue weighted by molar-refractivity contribution is 1.30. The van der Waals surface area contributed by atoms with E-state index >= 15 is 0 Å². The molecular weight excluding hydrogens is 242 g/mol. The van der Waals surface area contributed by atoms with Gasteiger partial charge in [0, 0.05) is 17.4 Å². The van der Waals surface area contributed by atoms with Crippen LogP contribution in [-0.4, -0.2) is 9.97 Å². The number of nitrogens with two attached hydrogens (primary N) is 1. The first-order valence-corrected chi connectivity index (χ1v) is 6.07. The van der Waals surface area contributed by atoms with Crippen molar-refractivity contribution < 1.29 is 0 Å². The first-order chi connectivity index (χ1) is 8.58. The Balaban J connectivity index is 2.34. The fourth-order valence-electron chi connectivity index (χ4n) is 1.68. The molecule has 18 heavy (non-hydrogen) atoms. The van der Waals surface area contributed by atoms with Crippen molar-refractivity contribution in [3.8, 4) is 0 Å². The number of benzene rings is 1. The summed E-state index contributed by atoms with van der Waals surface area (Å²) in [6.07, 6.45) is 3.41. The number of aryl methyl sites for hydroxylation is 2.